The first-order chi connectivity index (χ1) is 14.0. The average Bonchev–Trinajstić information content (AvgIpc) is 3.28. The van der Waals surface area contributed by atoms with E-state index in [-0.39, 0.29) is 18.2 Å². The second kappa shape index (κ2) is 7.91. The van der Waals surface area contributed by atoms with E-state index in [1.54, 1.807) is 6.92 Å². The molecule has 0 spiro atoms. The first kappa shape index (κ1) is 18.9. The van der Waals surface area contributed by atoms with E-state index in [1.165, 1.54) is 16.6 Å². The molecule has 0 aliphatic heterocycles. The normalized spacial score (nSPS) is 12.2. The molecule has 0 aliphatic rings. The lowest BCUT2D eigenvalue weighted by atomic mass is 9.95. The highest BCUT2D eigenvalue weighted by Crippen LogP contribution is 2.27. The van der Waals surface area contributed by atoms with Crippen LogP contribution in [0.4, 0.5) is 0 Å². The van der Waals surface area contributed by atoms with Crippen molar-refractivity contribution in [2.75, 3.05) is 0 Å². The van der Waals surface area contributed by atoms with E-state index in [0.29, 0.717) is 18.3 Å². The Kier molecular flexibility index (Phi) is 5.16. The first-order valence-electron chi connectivity index (χ1n) is 9.68. The molecule has 1 atom stereocenters. The van der Waals surface area contributed by atoms with E-state index in [4.69, 9.17) is 4.42 Å². The highest BCUT2D eigenvalue weighted by Gasteiger charge is 2.23. The molecule has 148 valence electrons. The Morgan fingerprint density at radius 2 is 1.90 bits per heavy atom. The maximum absolute atomic E-state index is 12.7. The zero-order chi connectivity index (χ0) is 20.4. The third-order valence-electron chi connectivity index (χ3n) is 5.27. The van der Waals surface area contributed by atoms with Gasteiger partial charge in [-0.15, -0.1) is 10.2 Å². The van der Waals surface area contributed by atoms with Crippen LogP contribution >= 0.6 is 0 Å². The molecule has 2 heterocycles. The molecule has 0 fully saturated rings. The fraction of sp³-hybridized carbons (Fsp3) is 0.261. The zero-order valence-electron chi connectivity index (χ0n) is 16.8. The van der Waals surface area contributed by atoms with Gasteiger partial charge < -0.3 is 14.3 Å². The van der Waals surface area contributed by atoms with Crippen LogP contribution in [0, 0.1) is 13.8 Å². The van der Waals surface area contributed by atoms with Gasteiger partial charge in [-0.1, -0.05) is 36.4 Å². The van der Waals surface area contributed by atoms with Crippen LogP contribution in [-0.4, -0.2) is 20.7 Å². The number of rotatable bonds is 6. The van der Waals surface area contributed by atoms with Crippen molar-refractivity contribution in [3.63, 3.8) is 0 Å². The smallest absolute Gasteiger partial charge is 0.224 e. The minimum atomic E-state index is -0.267. The number of benzene rings is 2. The molecule has 1 amide bonds. The summed E-state index contributed by atoms with van der Waals surface area (Å²) in [6, 6.07) is 18.2. The van der Waals surface area contributed by atoms with Crippen molar-refractivity contribution in [2.24, 2.45) is 7.05 Å². The second-order valence-electron chi connectivity index (χ2n) is 7.34. The Labute approximate surface area is 169 Å². The van der Waals surface area contributed by atoms with E-state index in [1.807, 2.05) is 30.3 Å². The number of carbonyl (C=O) groups is 1. The van der Waals surface area contributed by atoms with Gasteiger partial charge in [0.15, 0.2) is 0 Å². The van der Waals surface area contributed by atoms with E-state index in [0.717, 1.165) is 11.1 Å². The van der Waals surface area contributed by atoms with Crippen LogP contribution in [0.3, 0.4) is 0 Å². The van der Waals surface area contributed by atoms with Crippen LogP contribution in [-0.2, 0) is 18.4 Å². The quantitative estimate of drug-likeness (QED) is 0.541. The van der Waals surface area contributed by atoms with Crippen molar-refractivity contribution < 1.29 is 9.21 Å². The molecule has 6 nitrogen and oxygen atoms in total. The number of carbonyl (C=O) groups excluding carboxylic acids is 1. The van der Waals surface area contributed by atoms with E-state index < -0.39 is 0 Å². The molecule has 4 aromatic rings. The molecule has 0 saturated heterocycles. The number of aryl methyl sites for hydroxylation is 3. The summed E-state index contributed by atoms with van der Waals surface area (Å²) in [5, 5.41) is 12.3. The largest absolute Gasteiger partial charge is 0.425 e. The maximum Gasteiger partial charge on any atom is 0.224 e. The molecule has 0 bridgehead atoms. The number of fused-ring (bicyclic) bond motifs is 1. The summed E-state index contributed by atoms with van der Waals surface area (Å²) >= 11 is 0. The van der Waals surface area contributed by atoms with Crippen LogP contribution in [0.1, 0.15) is 40.9 Å². The van der Waals surface area contributed by atoms with Gasteiger partial charge in [0.2, 0.25) is 17.7 Å². The van der Waals surface area contributed by atoms with E-state index >= 15 is 0 Å². The topological polar surface area (TPSA) is 73.0 Å². The van der Waals surface area contributed by atoms with Crippen molar-refractivity contribution in [2.45, 2.75) is 32.7 Å². The predicted octanol–water partition coefficient (Wildman–Crippen LogP) is 4.02. The van der Waals surface area contributed by atoms with Crippen molar-refractivity contribution in [1.82, 2.24) is 20.1 Å². The lowest BCUT2D eigenvalue weighted by Crippen LogP contribution is -2.25. The standard InChI is InChI=1S/C23H24N4O2/c1-15-11-19-12-17(9-10-21(19)27(15)3)14-24-22(28)13-20(18-7-5-4-6-8-18)23-26-25-16(2)29-23/h4-12,20H,13-14H2,1-3H3,(H,24,28). The average molecular weight is 388 g/mol. The lowest BCUT2D eigenvalue weighted by Gasteiger charge is -2.14. The molecular formula is C23H24N4O2. The molecular weight excluding hydrogens is 364 g/mol. The molecule has 0 saturated carbocycles. The Hall–Kier alpha value is -3.41. The van der Waals surface area contributed by atoms with Crippen molar-refractivity contribution >= 4 is 16.8 Å². The minimum absolute atomic E-state index is 0.0564. The Bertz CT molecular complexity index is 1140. The summed E-state index contributed by atoms with van der Waals surface area (Å²) in [5.74, 6) is 0.633. The lowest BCUT2D eigenvalue weighted by molar-refractivity contribution is -0.121. The summed E-state index contributed by atoms with van der Waals surface area (Å²) in [4.78, 5) is 12.7. The summed E-state index contributed by atoms with van der Waals surface area (Å²) in [6.07, 6.45) is 0.248. The molecule has 0 aliphatic carbocycles. The number of hydrogen-bond donors (Lipinski definition) is 1. The highest BCUT2D eigenvalue weighted by atomic mass is 16.4. The van der Waals surface area contributed by atoms with E-state index in [2.05, 4.69) is 58.3 Å². The van der Waals surface area contributed by atoms with Gasteiger partial charge in [-0.25, -0.2) is 0 Å². The molecule has 29 heavy (non-hydrogen) atoms. The predicted molar refractivity (Wildman–Crippen MR) is 111 cm³/mol. The van der Waals surface area contributed by atoms with Gasteiger partial charge >= 0.3 is 0 Å². The van der Waals surface area contributed by atoms with Crippen LogP contribution in [0.25, 0.3) is 10.9 Å². The summed E-state index contributed by atoms with van der Waals surface area (Å²) in [5.41, 5.74) is 4.45. The van der Waals surface area contributed by atoms with Gasteiger partial charge in [0, 0.05) is 43.5 Å². The maximum atomic E-state index is 12.7. The first-order valence-corrected chi connectivity index (χ1v) is 9.68. The fourth-order valence-electron chi connectivity index (χ4n) is 3.59. The van der Waals surface area contributed by atoms with Gasteiger partial charge in [-0.2, -0.15) is 0 Å². The molecule has 6 heteroatoms. The third kappa shape index (κ3) is 4.06. The van der Waals surface area contributed by atoms with E-state index in [9.17, 15) is 4.79 Å². The molecule has 0 radical (unpaired) electrons. The van der Waals surface area contributed by atoms with Crippen LogP contribution in [0.5, 0.6) is 0 Å². The highest BCUT2D eigenvalue weighted by molar-refractivity contribution is 5.82. The van der Waals surface area contributed by atoms with Crippen LogP contribution in [0.2, 0.25) is 0 Å². The van der Waals surface area contributed by atoms with Crippen LogP contribution in [0.15, 0.2) is 59.0 Å². The van der Waals surface area contributed by atoms with Crippen LogP contribution < -0.4 is 5.32 Å². The molecule has 2 aromatic heterocycles. The fourth-order valence-corrected chi connectivity index (χ4v) is 3.59. The van der Waals surface area contributed by atoms with Crippen molar-refractivity contribution in [3.8, 4) is 0 Å². The van der Waals surface area contributed by atoms with Gasteiger partial charge in [0.1, 0.15) is 0 Å². The second-order valence-corrected chi connectivity index (χ2v) is 7.34. The number of aromatic nitrogens is 3. The van der Waals surface area contributed by atoms with Gasteiger partial charge in [0.05, 0.1) is 5.92 Å². The van der Waals surface area contributed by atoms with Crippen molar-refractivity contribution in [3.05, 3.63) is 83.2 Å². The van der Waals surface area contributed by atoms with Gasteiger partial charge in [0.25, 0.3) is 0 Å². The Morgan fingerprint density at radius 1 is 1.10 bits per heavy atom. The number of hydrogen-bond acceptors (Lipinski definition) is 4. The summed E-state index contributed by atoms with van der Waals surface area (Å²) in [6.45, 7) is 4.32. The van der Waals surface area contributed by atoms with Gasteiger partial charge in [-0.05, 0) is 36.2 Å². The molecule has 4 rings (SSSR count). The number of nitrogens with zero attached hydrogens (tertiary/aromatic N) is 3. The molecule has 2 aromatic carbocycles. The van der Waals surface area contributed by atoms with Crippen molar-refractivity contribution in [1.29, 1.82) is 0 Å². The SMILES string of the molecule is Cc1nnc(C(CC(=O)NCc2ccc3c(c2)cc(C)n3C)c2ccccc2)o1. The Morgan fingerprint density at radius 3 is 2.62 bits per heavy atom. The minimum Gasteiger partial charge on any atom is -0.425 e. The number of nitrogens with one attached hydrogen (secondary N) is 1. The number of amides is 1. The summed E-state index contributed by atoms with van der Waals surface area (Å²) < 4.78 is 7.78. The Balaban J connectivity index is 1.47. The molecule has 1 N–H and O–H groups in total. The van der Waals surface area contributed by atoms with Gasteiger partial charge in [-0.3, -0.25) is 4.79 Å². The molecule has 1 unspecified atom stereocenters. The monoisotopic (exact) mass is 388 g/mol. The summed E-state index contributed by atoms with van der Waals surface area (Å²) in [7, 11) is 2.06. The zero-order valence-corrected chi connectivity index (χ0v) is 16.8. The third-order valence-corrected chi connectivity index (χ3v) is 5.27.